The van der Waals surface area contributed by atoms with E-state index in [0.717, 1.165) is 63.4 Å². The molecule has 1 aliphatic rings. The van der Waals surface area contributed by atoms with Crippen LogP contribution in [-0.4, -0.2) is 56.3 Å². The maximum Gasteiger partial charge on any atom is 0.283 e. The zero-order chi connectivity index (χ0) is 31.5. The van der Waals surface area contributed by atoms with Gasteiger partial charge in [-0.25, -0.2) is 9.37 Å². The third-order valence-corrected chi connectivity index (χ3v) is 8.26. The Morgan fingerprint density at radius 1 is 1.18 bits per heavy atom. The van der Waals surface area contributed by atoms with Crippen molar-refractivity contribution in [1.29, 1.82) is 0 Å². The molecule has 4 heterocycles. The van der Waals surface area contributed by atoms with Gasteiger partial charge in [-0.2, -0.15) is 9.61 Å². The maximum absolute atomic E-state index is 13.2. The molecule has 1 saturated heterocycles. The van der Waals surface area contributed by atoms with Crippen LogP contribution >= 0.6 is 0 Å². The van der Waals surface area contributed by atoms with Crippen molar-refractivity contribution in [2.24, 2.45) is 5.92 Å². The van der Waals surface area contributed by atoms with Gasteiger partial charge in [0.25, 0.3) is 5.91 Å². The number of anilines is 3. The molecule has 6 rings (SSSR count). The van der Waals surface area contributed by atoms with E-state index in [1.54, 1.807) is 18.3 Å². The quantitative estimate of drug-likeness (QED) is 0.132. The number of benzene rings is 2. The number of hydrogen-bond donors (Lipinski definition) is 5. The first-order valence-corrected chi connectivity index (χ1v) is 15.2. The van der Waals surface area contributed by atoms with E-state index in [1.165, 1.54) is 0 Å². The van der Waals surface area contributed by atoms with Crippen molar-refractivity contribution >= 4 is 39.6 Å². The molecule has 232 valence electrons. The van der Waals surface area contributed by atoms with Crippen LogP contribution in [0.1, 0.15) is 37.3 Å². The number of nitrogens with zero attached hydrogens (tertiary/aromatic N) is 4. The summed E-state index contributed by atoms with van der Waals surface area (Å²) in [7, 11) is 0. The Labute approximate surface area is 260 Å². The molecule has 0 aliphatic carbocycles. The van der Waals surface area contributed by atoms with Gasteiger partial charge in [0.2, 0.25) is 0 Å². The second kappa shape index (κ2) is 13.0. The second-order valence-electron chi connectivity index (χ2n) is 11.7. The van der Waals surface area contributed by atoms with Crippen LogP contribution in [-0.2, 0) is 11.3 Å². The lowest BCUT2D eigenvalue weighted by Crippen LogP contribution is -2.43. The summed E-state index contributed by atoms with van der Waals surface area (Å²) in [5, 5.41) is 29.7. The number of aliphatic hydroxyl groups is 1. The number of nitrogens with one attached hydrogen (secondary N) is 4. The van der Waals surface area contributed by atoms with Crippen LogP contribution in [0.3, 0.4) is 0 Å². The Bertz CT molecular complexity index is 1870. The number of β-amino-alcohol motifs (C(OH)–C–C–N with tert-alkyl or cyclic N) is 1. The molecule has 0 bridgehead atoms. The lowest BCUT2D eigenvalue weighted by Gasteiger charge is -2.28. The van der Waals surface area contributed by atoms with Gasteiger partial charge >= 0.3 is 0 Å². The normalized spacial score (nSPS) is 16.6. The zero-order valence-corrected chi connectivity index (χ0v) is 25.3. The van der Waals surface area contributed by atoms with E-state index >= 15 is 0 Å². The molecule has 5 N–H and O–H groups in total. The maximum atomic E-state index is 13.2. The Kier molecular flexibility index (Phi) is 8.72. The van der Waals surface area contributed by atoms with Gasteiger partial charge in [-0.3, -0.25) is 9.78 Å². The third-order valence-electron chi connectivity index (χ3n) is 8.26. The minimum Gasteiger partial charge on any atom is -0.391 e. The number of halogens is 1. The van der Waals surface area contributed by atoms with E-state index < -0.39 is 17.8 Å². The van der Waals surface area contributed by atoms with Crippen molar-refractivity contribution < 1.29 is 14.3 Å². The minimum absolute atomic E-state index is 0.144. The van der Waals surface area contributed by atoms with Gasteiger partial charge in [0.1, 0.15) is 11.6 Å². The van der Waals surface area contributed by atoms with Gasteiger partial charge in [0.05, 0.1) is 18.0 Å². The highest BCUT2D eigenvalue weighted by Gasteiger charge is 2.23. The summed E-state index contributed by atoms with van der Waals surface area (Å²) in [6.45, 7) is 9.91. The lowest BCUT2D eigenvalue weighted by molar-refractivity contribution is -0.114. The molecule has 3 aromatic heterocycles. The third kappa shape index (κ3) is 6.50. The number of carbonyl (C=O) groups is 1. The van der Waals surface area contributed by atoms with Crippen molar-refractivity contribution in [1.82, 2.24) is 24.9 Å². The molecule has 45 heavy (non-hydrogen) atoms. The number of piperidine rings is 1. The van der Waals surface area contributed by atoms with Gasteiger partial charge < -0.3 is 26.4 Å². The molecule has 2 atom stereocenters. The van der Waals surface area contributed by atoms with Crippen LogP contribution in [0.5, 0.6) is 0 Å². The monoisotopic (exact) mass is 608 g/mol. The van der Waals surface area contributed by atoms with Crippen LogP contribution in [0.2, 0.25) is 0 Å². The summed E-state index contributed by atoms with van der Waals surface area (Å²) in [6.07, 6.45) is 4.09. The smallest absolute Gasteiger partial charge is 0.283 e. The molecule has 5 aromatic rings. The molecule has 1 fully saturated rings. The van der Waals surface area contributed by atoms with E-state index in [-0.39, 0.29) is 11.8 Å². The predicted molar refractivity (Wildman–Crippen MR) is 176 cm³/mol. The molecule has 2 aromatic carbocycles. The molecule has 0 unspecified atom stereocenters. The van der Waals surface area contributed by atoms with Crippen LogP contribution in [0.15, 0.2) is 79.4 Å². The Morgan fingerprint density at radius 3 is 2.82 bits per heavy atom. The first-order chi connectivity index (χ1) is 21.8. The first kappa shape index (κ1) is 30.2. The molecule has 0 radical (unpaired) electrons. The predicted octanol–water partition coefficient (Wildman–Crippen LogP) is 5.48. The van der Waals surface area contributed by atoms with Gasteiger partial charge in [0.15, 0.2) is 11.5 Å². The average Bonchev–Trinajstić information content (AvgIpc) is 3.48. The lowest BCUT2D eigenvalue weighted by atomic mass is 9.95. The fourth-order valence-corrected chi connectivity index (χ4v) is 5.73. The SMILES string of the molecule is C=C(F)C(=O)Nc1ccc2c(-c3ccccc3CNc3cc(NC[C@H]4CCNC[C@@H]4O)nc4c(C(C)C)cnn34)nccc2c1. The molecule has 11 heteroatoms. The largest absolute Gasteiger partial charge is 0.391 e. The van der Waals surface area contributed by atoms with Crippen molar-refractivity contribution in [3.63, 3.8) is 0 Å². The molecule has 1 aliphatic heterocycles. The van der Waals surface area contributed by atoms with Crippen molar-refractivity contribution in [3.8, 4) is 11.3 Å². The second-order valence-corrected chi connectivity index (χ2v) is 11.7. The number of rotatable bonds is 10. The van der Waals surface area contributed by atoms with Crippen LogP contribution in [0, 0.1) is 5.92 Å². The molecular weight excluding hydrogens is 571 g/mol. The van der Waals surface area contributed by atoms with Gasteiger partial charge in [-0.05, 0) is 48.0 Å². The summed E-state index contributed by atoms with van der Waals surface area (Å²) in [5.74, 6) is -0.0161. The van der Waals surface area contributed by atoms with Crippen molar-refractivity contribution in [2.75, 3.05) is 35.6 Å². The summed E-state index contributed by atoms with van der Waals surface area (Å²) < 4.78 is 15.1. The molecular formula is C34H37FN8O2. The minimum atomic E-state index is -1.04. The summed E-state index contributed by atoms with van der Waals surface area (Å²) in [5.41, 5.74) is 5.08. The van der Waals surface area contributed by atoms with E-state index in [9.17, 15) is 14.3 Å². The fourth-order valence-electron chi connectivity index (χ4n) is 5.73. The number of fused-ring (bicyclic) bond motifs is 2. The number of amides is 1. The summed E-state index contributed by atoms with van der Waals surface area (Å²) in [6, 6.07) is 17.3. The van der Waals surface area contributed by atoms with Crippen LogP contribution in [0.25, 0.3) is 27.7 Å². The van der Waals surface area contributed by atoms with E-state index in [4.69, 9.17) is 9.97 Å². The first-order valence-electron chi connectivity index (χ1n) is 15.2. The Balaban J connectivity index is 1.29. The number of aliphatic hydroxyl groups excluding tert-OH is 1. The van der Waals surface area contributed by atoms with E-state index in [0.29, 0.717) is 25.3 Å². The van der Waals surface area contributed by atoms with Gasteiger partial charge in [0, 0.05) is 60.0 Å². The number of hydrogen-bond acceptors (Lipinski definition) is 8. The highest BCUT2D eigenvalue weighted by Crippen LogP contribution is 2.32. The summed E-state index contributed by atoms with van der Waals surface area (Å²) in [4.78, 5) is 21.4. The molecule has 1 amide bonds. The topological polar surface area (TPSA) is 128 Å². The Morgan fingerprint density at radius 2 is 2.02 bits per heavy atom. The summed E-state index contributed by atoms with van der Waals surface area (Å²) >= 11 is 0. The highest BCUT2D eigenvalue weighted by atomic mass is 19.1. The standard InChI is InChI=1S/C34H37FN8O2/c1-20(2)28-18-40-43-31(15-30(42-33(28)43)38-17-24-10-12-36-19-29(24)44)39-16-23-6-4-5-7-26(23)32-27-9-8-25(41-34(45)21(3)35)14-22(27)11-13-37-32/h4-9,11,13-15,18,20,24,29,36,39,44H,3,10,12,16-17,19H2,1-2H3,(H,38,42)(H,41,45)/t24-,29+/m1/s1. The van der Waals surface area contributed by atoms with Gasteiger partial charge in [-0.1, -0.05) is 50.8 Å². The molecule has 10 nitrogen and oxygen atoms in total. The Hall–Kier alpha value is -4.87. The van der Waals surface area contributed by atoms with Crippen molar-refractivity contribution in [2.45, 2.75) is 38.8 Å². The van der Waals surface area contributed by atoms with Crippen LogP contribution in [0.4, 0.5) is 21.7 Å². The van der Waals surface area contributed by atoms with E-state index in [1.807, 2.05) is 47.1 Å². The van der Waals surface area contributed by atoms with Gasteiger partial charge in [-0.15, -0.1) is 0 Å². The average molecular weight is 609 g/mol. The van der Waals surface area contributed by atoms with E-state index in [2.05, 4.69) is 52.9 Å². The number of carbonyl (C=O) groups excluding carboxylic acids is 1. The fraction of sp³-hybridized carbons (Fsp3) is 0.294. The van der Waals surface area contributed by atoms with Crippen molar-refractivity contribution in [3.05, 3.63) is 90.5 Å². The molecule has 0 saturated carbocycles. The van der Waals surface area contributed by atoms with Crippen LogP contribution < -0.4 is 21.3 Å². The zero-order valence-electron chi connectivity index (χ0n) is 25.3. The molecule has 0 spiro atoms. The highest BCUT2D eigenvalue weighted by molar-refractivity contribution is 6.04. The number of pyridine rings is 1. The number of aromatic nitrogens is 4.